The van der Waals surface area contributed by atoms with Crippen molar-refractivity contribution in [3.05, 3.63) is 40.7 Å². The van der Waals surface area contributed by atoms with Gasteiger partial charge in [-0.25, -0.2) is 9.37 Å². The lowest BCUT2D eigenvalue weighted by molar-refractivity contribution is 0.561. The molecular weight excluding hydrogens is 259 g/mol. The van der Waals surface area contributed by atoms with E-state index in [1.807, 2.05) is 18.4 Å². The number of nitrogens with zero attached hydrogens (tertiary/aromatic N) is 1. The second kappa shape index (κ2) is 6.26. The van der Waals surface area contributed by atoms with Gasteiger partial charge in [-0.15, -0.1) is 11.3 Å². The van der Waals surface area contributed by atoms with E-state index in [0.717, 1.165) is 29.2 Å². The van der Waals surface area contributed by atoms with Crippen LogP contribution in [0.25, 0.3) is 10.6 Å². The van der Waals surface area contributed by atoms with Gasteiger partial charge in [0.15, 0.2) is 0 Å². The monoisotopic (exact) mass is 278 g/mol. The standard InChI is InChI=1S/C15H19FN2S/c1-4-7-17-11(3)14-9-19-15(18-14)12-6-5-10(2)8-13(12)16/h5-6,8-9,11,17H,4,7H2,1-3H3. The fourth-order valence-electron chi connectivity index (χ4n) is 1.87. The third kappa shape index (κ3) is 3.39. The predicted molar refractivity (Wildman–Crippen MR) is 79.0 cm³/mol. The van der Waals surface area contributed by atoms with Crippen LogP contribution in [0.2, 0.25) is 0 Å². The maximum absolute atomic E-state index is 13.9. The first kappa shape index (κ1) is 14.2. The van der Waals surface area contributed by atoms with Crippen LogP contribution in [0.4, 0.5) is 4.39 Å². The molecule has 0 saturated carbocycles. The average molecular weight is 278 g/mol. The van der Waals surface area contributed by atoms with Crippen LogP contribution in [0.1, 0.15) is 37.6 Å². The first-order valence-electron chi connectivity index (χ1n) is 6.57. The van der Waals surface area contributed by atoms with Gasteiger partial charge in [-0.1, -0.05) is 13.0 Å². The second-order valence-electron chi connectivity index (χ2n) is 4.74. The van der Waals surface area contributed by atoms with Crippen LogP contribution in [-0.4, -0.2) is 11.5 Å². The molecule has 2 aromatic rings. The van der Waals surface area contributed by atoms with Crippen LogP contribution in [0.5, 0.6) is 0 Å². The van der Waals surface area contributed by atoms with Crippen molar-refractivity contribution < 1.29 is 4.39 Å². The fraction of sp³-hybridized carbons (Fsp3) is 0.400. The van der Waals surface area contributed by atoms with Crippen molar-refractivity contribution in [2.45, 2.75) is 33.2 Å². The lowest BCUT2D eigenvalue weighted by Crippen LogP contribution is -2.19. The number of nitrogens with one attached hydrogen (secondary N) is 1. The first-order valence-corrected chi connectivity index (χ1v) is 7.45. The van der Waals surface area contributed by atoms with Crippen molar-refractivity contribution in [2.75, 3.05) is 6.54 Å². The summed E-state index contributed by atoms with van der Waals surface area (Å²) in [5, 5.41) is 6.14. The van der Waals surface area contributed by atoms with Gasteiger partial charge in [0.2, 0.25) is 0 Å². The van der Waals surface area contributed by atoms with E-state index in [4.69, 9.17) is 0 Å². The summed E-state index contributed by atoms with van der Waals surface area (Å²) >= 11 is 1.49. The number of hydrogen-bond donors (Lipinski definition) is 1. The maximum atomic E-state index is 13.9. The molecule has 0 aliphatic carbocycles. The molecule has 4 heteroatoms. The maximum Gasteiger partial charge on any atom is 0.133 e. The minimum atomic E-state index is -0.199. The Morgan fingerprint density at radius 1 is 1.42 bits per heavy atom. The average Bonchev–Trinajstić information content (AvgIpc) is 2.85. The number of halogens is 1. The Hall–Kier alpha value is -1.26. The largest absolute Gasteiger partial charge is 0.309 e. The zero-order valence-electron chi connectivity index (χ0n) is 11.5. The van der Waals surface area contributed by atoms with E-state index in [1.165, 1.54) is 11.3 Å². The van der Waals surface area contributed by atoms with E-state index in [2.05, 4.69) is 24.1 Å². The zero-order valence-corrected chi connectivity index (χ0v) is 12.4. The van der Waals surface area contributed by atoms with Crippen LogP contribution in [0, 0.1) is 12.7 Å². The van der Waals surface area contributed by atoms with Crippen molar-refractivity contribution in [2.24, 2.45) is 0 Å². The molecule has 0 radical (unpaired) electrons. The van der Waals surface area contributed by atoms with E-state index < -0.39 is 0 Å². The summed E-state index contributed by atoms with van der Waals surface area (Å²) < 4.78 is 13.9. The van der Waals surface area contributed by atoms with Crippen LogP contribution in [0.3, 0.4) is 0 Å². The quantitative estimate of drug-likeness (QED) is 0.881. The second-order valence-corrected chi connectivity index (χ2v) is 5.59. The lowest BCUT2D eigenvalue weighted by atomic mass is 10.1. The smallest absolute Gasteiger partial charge is 0.133 e. The van der Waals surface area contributed by atoms with Gasteiger partial charge in [0.05, 0.1) is 5.69 Å². The molecule has 1 atom stereocenters. The Bertz CT molecular complexity index is 551. The highest BCUT2D eigenvalue weighted by Gasteiger charge is 2.13. The third-order valence-electron chi connectivity index (χ3n) is 3.02. The van der Waals surface area contributed by atoms with Gasteiger partial charge in [0, 0.05) is 17.0 Å². The number of rotatable bonds is 5. The van der Waals surface area contributed by atoms with Gasteiger partial charge >= 0.3 is 0 Å². The minimum absolute atomic E-state index is 0.199. The molecule has 1 aromatic heterocycles. The molecule has 1 N–H and O–H groups in total. The fourth-order valence-corrected chi connectivity index (χ4v) is 2.81. The molecule has 0 fully saturated rings. The molecule has 0 bridgehead atoms. The summed E-state index contributed by atoms with van der Waals surface area (Å²) in [6.07, 6.45) is 1.09. The van der Waals surface area contributed by atoms with Gasteiger partial charge in [0.25, 0.3) is 0 Å². The Balaban J connectivity index is 2.20. The van der Waals surface area contributed by atoms with E-state index in [0.29, 0.717) is 5.56 Å². The molecule has 2 nitrogen and oxygen atoms in total. The molecule has 0 amide bonds. The highest BCUT2D eigenvalue weighted by molar-refractivity contribution is 7.13. The Labute approximate surface area is 117 Å². The molecule has 1 unspecified atom stereocenters. The van der Waals surface area contributed by atoms with Gasteiger partial charge in [-0.3, -0.25) is 0 Å². The predicted octanol–water partition coefficient (Wildman–Crippen LogP) is 4.32. The Kier molecular flexibility index (Phi) is 4.66. The highest BCUT2D eigenvalue weighted by atomic mass is 32.1. The van der Waals surface area contributed by atoms with Gasteiger partial charge in [-0.05, 0) is 44.5 Å². The van der Waals surface area contributed by atoms with Crippen LogP contribution >= 0.6 is 11.3 Å². The number of aryl methyl sites for hydroxylation is 1. The number of hydrogen-bond acceptors (Lipinski definition) is 3. The van der Waals surface area contributed by atoms with Crippen molar-refractivity contribution in [1.29, 1.82) is 0 Å². The van der Waals surface area contributed by atoms with Crippen molar-refractivity contribution in [3.63, 3.8) is 0 Å². The summed E-state index contributed by atoms with van der Waals surface area (Å²) in [7, 11) is 0. The van der Waals surface area contributed by atoms with Gasteiger partial charge < -0.3 is 5.32 Å². The summed E-state index contributed by atoms with van der Waals surface area (Å²) in [4.78, 5) is 4.54. The molecule has 0 aliphatic rings. The highest BCUT2D eigenvalue weighted by Crippen LogP contribution is 2.28. The molecule has 1 aromatic carbocycles. The van der Waals surface area contributed by atoms with E-state index in [1.54, 1.807) is 12.1 Å². The third-order valence-corrected chi connectivity index (χ3v) is 3.91. The van der Waals surface area contributed by atoms with Crippen LogP contribution < -0.4 is 5.32 Å². The molecular formula is C15H19FN2S. The summed E-state index contributed by atoms with van der Waals surface area (Å²) in [5.41, 5.74) is 2.49. The van der Waals surface area contributed by atoms with Crippen molar-refractivity contribution in [1.82, 2.24) is 10.3 Å². The molecule has 2 rings (SSSR count). The summed E-state index contributed by atoms with van der Waals surface area (Å²) in [6.45, 7) is 7.07. The molecule has 0 spiro atoms. The lowest BCUT2D eigenvalue weighted by Gasteiger charge is -2.09. The molecule has 0 aliphatic heterocycles. The van der Waals surface area contributed by atoms with E-state index >= 15 is 0 Å². The minimum Gasteiger partial charge on any atom is -0.309 e. The number of thiazole rings is 1. The molecule has 102 valence electrons. The zero-order chi connectivity index (χ0) is 13.8. The van der Waals surface area contributed by atoms with Gasteiger partial charge in [0.1, 0.15) is 10.8 Å². The Morgan fingerprint density at radius 3 is 2.89 bits per heavy atom. The van der Waals surface area contributed by atoms with E-state index in [-0.39, 0.29) is 11.9 Å². The van der Waals surface area contributed by atoms with Crippen LogP contribution in [0.15, 0.2) is 23.6 Å². The summed E-state index contributed by atoms with van der Waals surface area (Å²) in [6, 6.07) is 5.48. The normalized spacial score (nSPS) is 12.6. The molecule has 19 heavy (non-hydrogen) atoms. The topological polar surface area (TPSA) is 24.9 Å². The van der Waals surface area contributed by atoms with Crippen LogP contribution in [-0.2, 0) is 0 Å². The number of benzene rings is 1. The molecule has 1 heterocycles. The van der Waals surface area contributed by atoms with Gasteiger partial charge in [-0.2, -0.15) is 0 Å². The SMILES string of the molecule is CCCNC(C)c1csc(-c2ccc(C)cc2F)n1. The van der Waals surface area contributed by atoms with E-state index in [9.17, 15) is 4.39 Å². The van der Waals surface area contributed by atoms with Crippen molar-refractivity contribution >= 4 is 11.3 Å². The summed E-state index contributed by atoms with van der Waals surface area (Å²) in [5.74, 6) is -0.199. The number of aromatic nitrogens is 1. The molecule has 0 saturated heterocycles. The first-order chi connectivity index (χ1) is 9.11. The Morgan fingerprint density at radius 2 is 2.21 bits per heavy atom. The van der Waals surface area contributed by atoms with Crippen molar-refractivity contribution in [3.8, 4) is 10.6 Å².